The summed E-state index contributed by atoms with van der Waals surface area (Å²) in [6, 6.07) is 9.53. The highest BCUT2D eigenvalue weighted by molar-refractivity contribution is 9.10. The molecule has 1 N–H and O–H groups in total. The van der Waals surface area contributed by atoms with E-state index in [2.05, 4.69) is 41.2 Å². The van der Waals surface area contributed by atoms with E-state index in [0.717, 1.165) is 22.5 Å². The van der Waals surface area contributed by atoms with Crippen LogP contribution in [0.5, 0.6) is 11.5 Å². The van der Waals surface area contributed by atoms with Gasteiger partial charge in [0.05, 0.1) is 7.11 Å². The van der Waals surface area contributed by atoms with Crippen molar-refractivity contribution in [1.82, 2.24) is 5.32 Å². The first-order valence-corrected chi connectivity index (χ1v) is 13.3. The summed E-state index contributed by atoms with van der Waals surface area (Å²) in [6.07, 6.45) is 8.10. The SMILES string of the molecule is COc1cc(CNC23CC4CC(C)(CC(C)(C4)C2)C3)c(Br)cc1OCc1c(Cl)cccc1Cl. The molecule has 0 aliphatic heterocycles. The Bertz CT molecular complexity index is 1040. The summed E-state index contributed by atoms with van der Waals surface area (Å²) in [6.45, 7) is 6.12. The average Bonchev–Trinajstić information content (AvgIpc) is 2.70. The van der Waals surface area contributed by atoms with Crippen LogP contribution in [0.15, 0.2) is 34.8 Å². The van der Waals surface area contributed by atoms with E-state index in [1.807, 2.05) is 24.3 Å². The fraction of sp³-hybridized carbons (Fsp3) is 0.556. The number of benzene rings is 2. The van der Waals surface area contributed by atoms with Crippen LogP contribution in [0, 0.1) is 16.7 Å². The van der Waals surface area contributed by atoms with Gasteiger partial charge in [0, 0.05) is 32.2 Å². The van der Waals surface area contributed by atoms with Crippen LogP contribution >= 0.6 is 39.1 Å². The molecule has 6 heteroatoms. The van der Waals surface area contributed by atoms with Gasteiger partial charge in [-0.15, -0.1) is 0 Å². The zero-order chi connectivity index (χ0) is 23.4. The predicted octanol–water partition coefficient (Wildman–Crippen LogP) is 8.18. The molecule has 3 nitrogen and oxygen atoms in total. The Morgan fingerprint density at radius 2 is 1.67 bits per heavy atom. The fourth-order valence-corrected chi connectivity index (χ4v) is 8.70. The normalized spacial score (nSPS) is 32.2. The zero-order valence-corrected chi connectivity index (χ0v) is 22.7. The summed E-state index contributed by atoms with van der Waals surface area (Å²) in [7, 11) is 1.68. The molecule has 2 aromatic rings. The molecule has 4 bridgehead atoms. The van der Waals surface area contributed by atoms with Crippen LogP contribution in [-0.2, 0) is 13.2 Å². The van der Waals surface area contributed by atoms with Crippen molar-refractivity contribution in [3.63, 3.8) is 0 Å². The van der Waals surface area contributed by atoms with Crippen LogP contribution in [0.3, 0.4) is 0 Å². The molecule has 4 saturated carbocycles. The van der Waals surface area contributed by atoms with Gasteiger partial charge in [0.1, 0.15) is 6.61 Å². The number of hydrogen-bond donors (Lipinski definition) is 1. The van der Waals surface area contributed by atoms with Gasteiger partial charge in [-0.2, -0.15) is 0 Å². The number of ether oxygens (including phenoxy) is 2. The predicted molar refractivity (Wildman–Crippen MR) is 138 cm³/mol. The molecule has 0 aromatic heterocycles. The molecule has 2 aromatic carbocycles. The molecule has 4 fully saturated rings. The second-order valence-corrected chi connectivity index (χ2v) is 13.0. The van der Waals surface area contributed by atoms with Crippen LogP contribution in [0.2, 0.25) is 10.0 Å². The van der Waals surface area contributed by atoms with Crippen LogP contribution in [0.1, 0.15) is 63.5 Å². The molecule has 33 heavy (non-hydrogen) atoms. The largest absolute Gasteiger partial charge is 0.493 e. The summed E-state index contributed by atoms with van der Waals surface area (Å²) in [5.41, 5.74) is 3.20. The fourth-order valence-electron chi connectivity index (χ4n) is 7.73. The molecule has 0 saturated heterocycles. The van der Waals surface area contributed by atoms with Crippen molar-refractivity contribution in [2.75, 3.05) is 7.11 Å². The number of nitrogens with one attached hydrogen (secondary N) is 1. The molecular weight excluding hydrogens is 521 g/mol. The Labute approximate surface area is 215 Å². The highest BCUT2D eigenvalue weighted by Gasteiger charge is 2.59. The quantitative estimate of drug-likeness (QED) is 0.375. The third-order valence-electron chi connectivity index (χ3n) is 8.05. The van der Waals surface area contributed by atoms with Gasteiger partial charge < -0.3 is 14.8 Å². The van der Waals surface area contributed by atoms with E-state index >= 15 is 0 Å². The van der Waals surface area contributed by atoms with Crippen LogP contribution < -0.4 is 14.8 Å². The van der Waals surface area contributed by atoms with Crippen molar-refractivity contribution < 1.29 is 9.47 Å². The first kappa shape index (κ1) is 23.8. The van der Waals surface area contributed by atoms with Crippen molar-refractivity contribution in [3.8, 4) is 11.5 Å². The number of methoxy groups -OCH3 is 1. The summed E-state index contributed by atoms with van der Waals surface area (Å²) >= 11 is 16.4. The molecule has 0 spiro atoms. The van der Waals surface area contributed by atoms with Gasteiger partial charge in [-0.05, 0) is 85.1 Å². The van der Waals surface area contributed by atoms with Gasteiger partial charge in [-0.1, -0.05) is 59.0 Å². The lowest BCUT2D eigenvalue weighted by molar-refractivity contribution is -0.118. The van der Waals surface area contributed by atoms with Crippen molar-refractivity contribution >= 4 is 39.1 Å². The van der Waals surface area contributed by atoms with Crippen molar-refractivity contribution in [3.05, 3.63) is 56.0 Å². The molecule has 4 aliphatic rings. The van der Waals surface area contributed by atoms with E-state index in [9.17, 15) is 0 Å². The second kappa shape index (κ2) is 8.62. The van der Waals surface area contributed by atoms with Gasteiger partial charge in [-0.25, -0.2) is 0 Å². The number of halogens is 3. The minimum absolute atomic E-state index is 0.256. The third kappa shape index (κ3) is 4.66. The Morgan fingerprint density at radius 3 is 2.27 bits per heavy atom. The van der Waals surface area contributed by atoms with E-state index in [4.69, 9.17) is 32.7 Å². The molecule has 0 heterocycles. The van der Waals surface area contributed by atoms with E-state index in [1.165, 1.54) is 44.1 Å². The maximum Gasteiger partial charge on any atom is 0.162 e. The van der Waals surface area contributed by atoms with Crippen LogP contribution in [0.4, 0.5) is 0 Å². The third-order valence-corrected chi connectivity index (χ3v) is 9.49. The summed E-state index contributed by atoms with van der Waals surface area (Å²) in [4.78, 5) is 0. The minimum atomic E-state index is 0.256. The topological polar surface area (TPSA) is 30.5 Å². The average molecular weight is 553 g/mol. The smallest absolute Gasteiger partial charge is 0.162 e. The Kier molecular flexibility index (Phi) is 6.21. The van der Waals surface area contributed by atoms with E-state index in [-0.39, 0.29) is 12.1 Å². The minimum Gasteiger partial charge on any atom is -0.493 e. The van der Waals surface area contributed by atoms with Crippen molar-refractivity contribution in [2.24, 2.45) is 16.7 Å². The second-order valence-electron chi connectivity index (χ2n) is 11.3. The highest BCUT2D eigenvalue weighted by atomic mass is 79.9. The molecule has 178 valence electrons. The monoisotopic (exact) mass is 551 g/mol. The first-order valence-electron chi connectivity index (χ1n) is 11.8. The molecular formula is C27H32BrCl2NO2. The van der Waals surface area contributed by atoms with Gasteiger partial charge in [0.2, 0.25) is 0 Å². The van der Waals surface area contributed by atoms with Gasteiger partial charge in [0.25, 0.3) is 0 Å². The molecule has 6 rings (SSSR count). The Hall–Kier alpha value is -0.940. The molecule has 0 amide bonds. The first-order chi connectivity index (χ1) is 15.6. The molecule has 2 unspecified atom stereocenters. The summed E-state index contributed by atoms with van der Waals surface area (Å²) < 4.78 is 12.8. The maximum atomic E-state index is 6.30. The molecule has 4 aliphatic carbocycles. The zero-order valence-electron chi connectivity index (χ0n) is 19.6. The molecule has 2 atom stereocenters. The van der Waals surface area contributed by atoms with Gasteiger partial charge in [-0.3, -0.25) is 0 Å². The number of hydrogen-bond acceptors (Lipinski definition) is 3. The van der Waals surface area contributed by atoms with Crippen molar-refractivity contribution in [1.29, 1.82) is 0 Å². The van der Waals surface area contributed by atoms with Crippen LogP contribution in [-0.4, -0.2) is 12.6 Å². The number of rotatable bonds is 7. The van der Waals surface area contributed by atoms with Crippen LogP contribution in [0.25, 0.3) is 0 Å². The van der Waals surface area contributed by atoms with E-state index < -0.39 is 0 Å². The highest BCUT2D eigenvalue weighted by Crippen LogP contribution is 2.66. The lowest BCUT2D eigenvalue weighted by Gasteiger charge is -2.65. The Morgan fingerprint density at radius 1 is 1.00 bits per heavy atom. The van der Waals surface area contributed by atoms with Gasteiger partial charge >= 0.3 is 0 Å². The molecule has 0 radical (unpaired) electrons. The van der Waals surface area contributed by atoms with E-state index in [1.54, 1.807) is 7.11 Å². The maximum absolute atomic E-state index is 6.30. The van der Waals surface area contributed by atoms with E-state index in [0.29, 0.717) is 32.4 Å². The lowest BCUT2D eigenvalue weighted by Crippen LogP contribution is -2.63. The Balaban J connectivity index is 1.32. The summed E-state index contributed by atoms with van der Waals surface area (Å²) in [5.74, 6) is 2.25. The van der Waals surface area contributed by atoms with Crippen molar-refractivity contribution in [2.45, 2.75) is 71.1 Å². The lowest BCUT2D eigenvalue weighted by atomic mass is 9.43. The van der Waals surface area contributed by atoms with Gasteiger partial charge in [0.15, 0.2) is 11.5 Å². The summed E-state index contributed by atoms with van der Waals surface area (Å²) in [5, 5.41) is 5.21. The standard InChI is InChI=1S/C27H32BrCl2NO2/c1-25-9-17-10-26(2,14-25)16-27(11-17,15-25)31-12-18-7-23(32-3)24(8-20(18)28)33-13-19-21(29)5-4-6-22(19)30/h4-8,17,31H,9-16H2,1-3H3.